The highest BCUT2D eigenvalue weighted by Crippen LogP contribution is 2.19. The van der Waals surface area contributed by atoms with Crippen molar-refractivity contribution in [3.05, 3.63) is 59.7 Å². The van der Waals surface area contributed by atoms with E-state index in [2.05, 4.69) is 12.2 Å². The molecule has 2 rings (SSSR count). The van der Waals surface area contributed by atoms with Gasteiger partial charge in [-0.2, -0.15) is 0 Å². The molecular formula is C15H18N2O. The van der Waals surface area contributed by atoms with Crippen LogP contribution in [0.2, 0.25) is 0 Å². The fraction of sp³-hybridized carbons (Fsp3) is 0.200. The molecule has 0 aromatic heterocycles. The van der Waals surface area contributed by atoms with E-state index in [0.717, 1.165) is 16.8 Å². The molecule has 0 aliphatic heterocycles. The van der Waals surface area contributed by atoms with Crippen molar-refractivity contribution in [1.29, 1.82) is 0 Å². The van der Waals surface area contributed by atoms with Crippen LogP contribution in [0.25, 0.3) is 0 Å². The van der Waals surface area contributed by atoms with Crippen LogP contribution in [-0.2, 0) is 6.54 Å². The van der Waals surface area contributed by atoms with E-state index in [1.54, 1.807) is 12.1 Å². The van der Waals surface area contributed by atoms with Crippen molar-refractivity contribution in [3.63, 3.8) is 0 Å². The fourth-order valence-corrected chi connectivity index (χ4v) is 1.87. The summed E-state index contributed by atoms with van der Waals surface area (Å²) in [6.07, 6.45) is 0. The van der Waals surface area contributed by atoms with Gasteiger partial charge in [0.25, 0.3) is 0 Å². The SMILES string of the molecule is CC(NCc1ccccc1N)c1cccc(O)c1. The minimum atomic E-state index is 0.164. The number of nitrogens with one attached hydrogen (secondary N) is 1. The standard InChI is InChI=1S/C15H18N2O/c1-11(12-6-4-7-14(18)9-12)17-10-13-5-2-3-8-15(13)16/h2-9,11,17-18H,10,16H2,1H3. The number of phenols is 1. The Bertz CT molecular complexity index is 525. The number of nitrogen functional groups attached to an aromatic ring is 1. The second kappa shape index (κ2) is 5.56. The summed E-state index contributed by atoms with van der Waals surface area (Å²) in [5.74, 6) is 0.292. The minimum Gasteiger partial charge on any atom is -0.508 e. The smallest absolute Gasteiger partial charge is 0.115 e. The molecule has 0 heterocycles. The van der Waals surface area contributed by atoms with E-state index in [0.29, 0.717) is 12.3 Å². The Morgan fingerprint density at radius 1 is 1.17 bits per heavy atom. The Kier molecular flexibility index (Phi) is 3.85. The molecule has 94 valence electrons. The Morgan fingerprint density at radius 2 is 1.94 bits per heavy atom. The first-order valence-electron chi connectivity index (χ1n) is 6.02. The number of aromatic hydroxyl groups is 1. The highest BCUT2D eigenvalue weighted by molar-refractivity contribution is 5.46. The summed E-state index contributed by atoms with van der Waals surface area (Å²) in [5, 5.41) is 12.8. The van der Waals surface area contributed by atoms with Gasteiger partial charge < -0.3 is 16.2 Å². The normalized spacial score (nSPS) is 12.3. The first kappa shape index (κ1) is 12.5. The number of rotatable bonds is 4. The Balaban J connectivity index is 2.00. The molecule has 3 nitrogen and oxygen atoms in total. The Morgan fingerprint density at radius 3 is 2.67 bits per heavy atom. The van der Waals surface area contributed by atoms with Crippen molar-refractivity contribution in [1.82, 2.24) is 5.32 Å². The molecule has 18 heavy (non-hydrogen) atoms. The molecular weight excluding hydrogens is 224 g/mol. The Hall–Kier alpha value is -2.00. The van der Waals surface area contributed by atoms with E-state index in [9.17, 15) is 5.11 Å². The number of para-hydroxylation sites is 1. The molecule has 0 bridgehead atoms. The van der Waals surface area contributed by atoms with Crippen LogP contribution in [0.4, 0.5) is 5.69 Å². The maximum atomic E-state index is 9.44. The molecule has 0 spiro atoms. The van der Waals surface area contributed by atoms with E-state index < -0.39 is 0 Å². The molecule has 0 aliphatic rings. The van der Waals surface area contributed by atoms with Crippen molar-refractivity contribution in [2.75, 3.05) is 5.73 Å². The van der Waals surface area contributed by atoms with Crippen LogP contribution in [0.15, 0.2) is 48.5 Å². The van der Waals surface area contributed by atoms with Crippen molar-refractivity contribution in [2.24, 2.45) is 0 Å². The summed E-state index contributed by atoms with van der Waals surface area (Å²) < 4.78 is 0. The van der Waals surface area contributed by atoms with Gasteiger partial charge in [-0.05, 0) is 36.2 Å². The number of hydrogen-bond donors (Lipinski definition) is 3. The summed E-state index contributed by atoms with van der Waals surface area (Å²) >= 11 is 0. The maximum absolute atomic E-state index is 9.44. The summed E-state index contributed by atoms with van der Waals surface area (Å²) in [7, 11) is 0. The van der Waals surface area contributed by atoms with Crippen LogP contribution in [-0.4, -0.2) is 5.11 Å². The van der Waals surface area contributed by atoms with Crippen molar-refractivity contribution in [2.45, 2.75) is 19.5 Å². The lowest BCUT2D eigenvalue weighted by Crippen LogP contribution is -2.18. The van der Waals surface area contributed by atoms with Crippen LogP contribution in [0, 0.1) is 0 Å². The molecule has 0 aliphatic carbocycles. The largest absolute Gasteiger partial charge is 0.508 e. The topological polar surface area (TPSA) is 58.3 Å². The lowest BCUT2D eigenvalue weighted by Gasteiger charge is -2.15. The number of benzene rings is 2. The lowest BCUT2D eigenvalue weighted by atomic mass is 10.1. The summed E-state index contributed by atoms with van der Waals surface area (Å²) in [5.41, 5.74) is 8.84. The van der Waals surface area contributed by atoms with E-state index in [1.807, 2.05) is 36.4 Å². The van der Waals surface area contributed by atoms with Gasteiger partial charge in [-0.25, -0.2) is 0 Å². The van der Waals surface area contributed by atoms with Crippen LogP contribution >= 0.6 is 0 Å². The van der Waals surface area contributed by atoms with Gasteiger partial charge in [0.1, 0.15) is 5.75 Å². The second-order valence-corrected chi connectivity index (χ2v) is 4.40. The summed E-state index contributed by atoms with van der Waals surface area (Å²) in [6.45, 7) is 2.78. The molecule has 0 saturated carbocycles. The first-order valence-corrected chi connectivity index (χ1v) is 6.02. The third-order valence-electron chi connectivity index (χ3n) is 3.02. The zero-order valence-electron chi connectivity index (χ0n) is 10.4. The van der Waals surface area contributed by atoms with Crippen molar-refractivity contribution < 1.29 is 5.11 Å². The Labute approximate surface area is 107 Å². The molecule has 0 amide bonds. The van der Waals surface area contributed by atoms with E-state index in [1.165, 1.54) is 0 Å². The fourth-order valence-electron chi connectivity index (χ4n) is 1.87. The minimum absolute atomic E-state index is 0.164. The predicted octanol–water partition coefficient (Wildman–Crippen LogP) is 2.83. The van der Waals surface area contributed by atoms with E-state index >= 15 is 0 Å². The van der Waals surface area contributed by atoms with Crippen LogP contribution < -0.4 is 11.1 Å². The van der Waals surface area contributed by atoms with Gasteiger partial charge in [-0.1, -0.05) is 30.3 Å². The van der Waals surface area contributed by atoms with Gasteiger partial charge in [0, 0.05) is 18.3 Å². The van der Waals surface area contributed by atoms with Gasteiger partial charge in [-0.15, -0.1) is 0 Å². The zero-order chi connectivity index (χ0) is 13.0. The number of nitrogens with two attached hydrogens (primary N) is 1. The molecule has 0 saturated heterocycles. The third kappa shape index (κ3) is 3.02. The zero-order valence-corrected chi connectivity index (χ0v) is 10.4. The van der Waals surface area contributed by atoms with Gasteiger partial charge >= 0.3 is 0 Å². The highest BCUT2D eigenvalue weighted by atomic mass is 16.3. The average Bonchev–Trinajstić information content (AvgIpc) is 2.37. The average molecular weight is 242 g/mol. The van der Waals surface area contributed by atoms with Crippen molar-refractivity contribution >= 4 is 5.69 Å². The predicted molar refractivity (Wildman–Crippen MR) is 74.2 cm³/mol. The molecule has 0 fully saturated rings. The summed E-state index contributed by atoms with van der Waals surface area (Å²) in [6, 6.07) is 15.3. The molecule has 1 atom stereocenters. The molecule has 1 unspecified atom stereocenters. The molecule has 2 aromatic rings. The van der Waals surface area contributed by atoms with Crippen LogP contribution in [0.5, 0.6) is 5.75 Å². The van der Waals surface area contributed by atoms with Gasteiger partial charge in [-0.3, -0.25) is 0 Å². The lowest BCUT2D eigenvalue weighted by molar-refractivity contribution is 0.472. The van der Waals surface area contributed by atoms with E-state index in [4.69, 9.17) is 5.73 Å². The maximum Gasteiger partial charge on any atom is 0.115 e. The molecule has 4 N–H and O–H groups in total. The highest BCUT2D eigenvalue weighted by Gasteiger charge is 2.06. The van der Waals surface area contributed by atoms with Crippen molar-refractivity contribution in [3.8, 4) is 5.75 Å². The number of hydrogen-bond acceptors (Lipinski definition) is 3. The van der Waals surface area contributed by atoms with Gasteiger partial charge in [0.15, 0.2) is 0 Å². The van der Waals surface area contributed by atoms with Crippen LogP contribution in [0.3, 0.4) is 0 Å². The van der Waals surface area contributed by atoms with Gasteiger partial charge in [0.2, 0.25) is 0 Å². The monoisotopic (exact) mass is 242 g/mol. The first-order chi connectivity index (χ1) is 8.66. The molecule has 0 radical (unpaired) electrons. The molecule has 3 heteroatoms. The molecule has 2 aromatic carbocycles. The number of anilines is 1. The van der Waals surface area contributed by atoms with Crippen LogP contribution in [0.1, 0.15) is 24.1 Å². The van der Waals surface area contributed by atoms with E-state index in [-0.39, 0.29) is 6.04 Å². The second-order valence-electron chi connectivity index (χ2n) is 4.40. The van der Waals surface area contributed by atoms with Gasteiger partial charge in [0.05, 0.1) is 0 Å². The third-order valence-corrected chi connectivity index (χ3v) is 3.02. The quantitative estimate of drug-likeness (QED) is 0.722. The summed E-state index contributed by atoms with van der Waals surface area (Å²) in [4.78, 5) is 0. The number of phenolic OH excluding ortho intramolecular Hbond substituents is 1.